The number of nitrogens with zero attached hydrogens (tertiary/aromatic N) is 1. The van der Waals surface area contributed by atoms with E-state index in [4.69, 9.17) is 0 Å². The molecular weight excluding hydrogens is 152 g/mol. The second kappa shape index (κ2) is 3.44. The predicted molar refractivity (Wildman–Crippen MR) is 49.0 cm³/mol. The highest BCUT2D eigenvalue weighted by Crippen LogP contribution is 2.21. The van der Waals surface area contributed by atoms with Crippen LogP contribution >= 0.6 is 0 Å². The van der Waals surface area contributed by atoms with E-state index < -0.39 is 0 Å². The summed E-state index contributed by atoms with van der Waals surface area (Å²) in [6, 6.07) is 0. The largest absolute Gasteiger partial charge is 0.336 e. The van der Waals surface area contributed by atoms with Crippen molar-refractivity contribution in [3.05, 3.63) is 0 Å². The van der Waals surface area contributed by atoms with Crippen molar-refractivity contribution in [1.82, 2.24) is 10.2 Å². The molecule has 0 radical (unpaired) electrons. The molecule has 0 aromatic rings. The molecule has 1 fully saturated rings. The first kappa shape index (κ1) is 9.52. The zero-order valence-electron chi connectivity index (χ0n) is 8.18. The minimum Gasteiger partial charge on any atom is -0.336 e. The molecular formula is C9H18N2O. The molecule has 0 bridgehead atoms. The molecule has 12 heavy (non-hydrogen) atoms. The van der Waals surface area contributed by atoms with Crippen LogP contribution in [0.1, 0.15) is 26.7 Å². The van der Waals surface area contributed by atoms with Gasteiger partial charge in [-0.3, -0.25) is 4.79 Å². The van der Waals surface area contributed by atoms with Crippen molar-refractivity contribution < 1.29 is 4.79 Å². The van der Waals surface area contributed by atoms with Gasteiger partial charge in [0.1, 0.15) is 0 Å². The lowest BCUT2D eigenvalue weighted by Crippen LogP contribution is -2.50. The minimum atomic E-state index is -0.0255. The molecule has 0 unspecified atom stereocenters. The fraction of sp³-hybridized carbons (Fsp3) is 0.889. The smallest absolute Gasteiger partial charge is 0.223 e. The Kier molecular flexibility index (Phi) is 2.73. The number of likely N-dealkylation sites (N-methyl/N-ethyl adjacent to an activating group) is 1. The normalized spacial score (nSPS) is 18.9. The van der Waals surface area contributed by atoms with E-state index in [1.54, 1.807) is 0 Å². The molecule has 1 heterocycles. The van der Waals surface area contributed by atoms with Crippen molar-refractivity contribution in [2.45, 2.75) is 32.2 Å². The first-order valence-corrected chi connectivity index (χ1v) is 4.53. The third-order valence-corrected chi connectivity index (χ3v) is 2.41. The highest BCUT2D eigenvalue weighted by atomic mass is 16.2. The van der Waals surface area contributed by atoms with Gasteiger partial charge in [0, 0.05) is 25.0 Å². The van der Waals surface area contributed by atoms with Gasteiger partial charge in [0.05, 0.1) is 0 Å². The Bertz CT molecular complexity index is 177. The third-order valence-electron chi connectivity index (χ3n) is 2.41. The first-order valence-electron chi connectivity index (χ1n) is 4.53. The van der Waals surface area contributed by atoms with Crippen molar-refractivity contribution in [2.75, 3.05) is 20.1 Å². The van der Waals surface area contributed by atoms with Crippen LogP contribution in [0.5, 0.6) is 0 Å². The highest BCUT2D eigenvalue weighted by Gasteiger charge is 2.32. The van der Waals surface area contributed by atoms with Crippen molar-refractivity contribution in [1.29, 1.82) is 0 Å². The molecule has 3 nitrogen and oxygen atoms in total. The second-order valence-corrected chi connectivity index (χ2v) is 3.99. The van der Waals surface area contributed by atoms with E-state index in [9.17, 15) is 4.79 Å². The zero-order chi connectivity index (χ0) is 9.19. The number of hydrogen-bond donors (Lipinski definition) is 1. The summed E-state index contributed by atoms with van der Waals surface area (Å²) >= 11 is 0. The molecule has 3 heteroatoms. The van der Waals surface area contributed by atoms with E-state index in [-0.39, 0.29) is 5.54 Å². The Morgan fingerprint density at radius 2 is 2.25 bits per heavy atom. The van der Waals surface area contributed by atoms with Crippen LogP contribution in [0.3, 0.4) is 0 Å². The summed E-state index contributed by atoms with van der Waals surface area (Å²) in [7, 11) is 1.92. The van der Waals surface area contributed by atoms with E-state index in [0.717, 1.165) is 25.9 Å². The molecule has 0 saturated carbocycles. The molecule has 1 amide bonds. The zero-order valence-corrected chi connectivity index (χ0v) is 8.18. The van der Waals surface area contributed by atoms with Crippen LogP contribution in [0.2, 0.25) is 0 Å². The lowest BCUT2D eigenvalue weighted by Gasteiger charge is -2.35. The van der Waals surface area contributed by atoms with Crippen LogP contribution in [0.4, 0.5) is 0 Å². The monoisotopic (exact) mass is 170 g/mol. The van der Waals surface area contributed by atoms with Crippen molar-refractivity contribution in [2.24, 2.45) is 0 Å². The fourth-order valence-electron chi connectivity index (χ4n) is 1.82. The molecule has 70 valence electrons. The summed E-state index contributed by atoms with van der Waals surface area (Å²) in [5, 5.41) is 3.11. The lowest BCUT2D eigenvalue weighted by molar-refractivity contribution is -0.132. The summed E-state index contributed by atoms with van der Waals surface area (Å²) < 4.78 is 0. The number of carbonyl (C=O) groups excluding carboxylic acids is 1. The van der Waals surface area contributed by atoms with Crippen LogP contribution in [0, 0.1) is 0 Å². The minimum absolute atomic E-state index is 0.0255. The van der Waals surface area contributed by atoms with Crippen LogP contribution in [0.15, 0.2) is 0 Å². The molecule has 0 aromatic heterocycles. The van der Waals surface area contributed by atoms with Gasteiger partial charge in [-0.25, -0.2) is 0 Å². The van der Waals surface area contributed by atoms with E-state index in [0.29, 0.717) is 5.91 Å². The average Bonchev–Trinajstić information content (AvgIpc) is 2.35. The summed E-state index contributed by atoms with van der Waals surface area (Å²) in [4.78, 5) is 13.4. The van der Waals surface area contributed by atoms with Gasteiger partial charge in [-0.1, -0.05) is 0 Å². The third kappa shape index (κ3) is 1.78. The number of carbonyl (C=O) groups is 1. The number of likely N-dealkylation sites (tertiary alicyclic amines) is 1. The van der Waals surface area contributed by atoms with Crippen LogP contribution < -0.4 is 5.32 Å². The molecule has 0 aromatic carbocycles. The number of rotatable bonds is 3. The Morgan fingerprint density at radius 3 is 2.67 bits per heavy atom. The highest BCUT2D eigenvalue weighted by molar-refractivity contribution is 5.78. The van der Waals surface area contributed by atoms with Crippen molar-refractivity contribution >= 4 is 5.91 Å². The standard InChI is InChI=1S/C9H18N2O/c1-9(2,7-10-3)11-6-4-5-8(11)12/h10H,4-7H2,1-3H3. The van der Waals surface area contributed by atoms with Crippen LogP contribution in [-0.4, -0.2) is 36.5 Å². The quantitative estimate of drug-likeness (QED) is 0.673. The SMILES string of the molecule is CNCC(C)(C)N1CCCC1=O. The molecule has 1 aliphatic heterocycles. The Labute approximate surface area is 74.1 Å². The van der Waals surface area contributed by atoms with Gasteiger partial charge in [-0.2, -0.15) is 0 Å². The topological polar surface area (TPSA) is 32.3 Å². The van der Waals surface area contributed by atoms with E-state index in [1.807, 2.05) is 11.9 Å². The Hall–Kier alpha value is -0.570. The van der Waals surface area contributed by atoms with Gasteiger partial charge in [0.15, 0.2) is 0 Å². The molecule has 0 atom stereocenters. The number of hydrogen-bond acceptors (Lipinski definition) is 2. The summed E-state index contributed by atoms with van der Waals surface area (Å²) in [5.41, 5.74) is -0.0255. The van der Waals surface area contributed by atoms with Crippen LogP contribution in [-0.2, 0) is 4.79 Å². The lowest BCUT2D eigenvalue weighted by atomic mass is 10.0. The molecule has 1 aliphatic rings. The molecule has 1 saturated heterocycles. The van der Waals surface area contributed by atoms with Crippen LogP contribution in [0.25, 0.3) is 0 Å². The van der Waals surface area contributed by atoms with Gasteiger partial charge < -0.3 is 10.2 Å². The van der Waals surface area contributed by atoms with Crippen molar-refractivity contribution in [3.8, 4) is 0 Å². The molecule has 1 N–H and O–H groups in total. The molecule has 0 aliphatic carbocycles. The first-order chi connectivity index (χ1) is 5.58. The van der Waals surface area contributed by atoms with Gasteiger partial charge in [-0.05, 0) is 27.3 Å². The Morgan fingerprint density at radius 1 is 1.58 bits per heavy atom. The van der Waals surface area contributed by atoms with E-state index in [2.05, 4.69) is 19.2 Å². The average molecular weight is 170 g/mol. The van der Waals surface area contributed by atoms with Gasteiger partial charge in [0.25, 0.3) is 0 Å². The van der Waals surface area contributed by atoms with E-state index >= 15 is 0 Å². The summed E-state index contributed by atoms with van der Waals surface area (Å²) in [6.07, 6.45) is 1.75. The summed E-state index contributed by atoms with van der Waals surface area (Å²) in [6.45, 7) is 5.99. The maximum absolute atomic E-state index is 11.4. The molecule has 1 rings (SSSR count). The predicted octanol–water partition coefficient (Wildman–Crippen LogP) is 0.607. The number of nitrogens with one attached hydrogen (secondary N) is 1. The maximum Gasteiger partial charge on any atom is 0.223 e. The van der Waals surface area contributed by atoms with Crippen molar-refractivity contribution in [3.63, 3.8) is 0 Å². The second-order valence-electron chi connectivity index (χ2n) is 3.99. The van der Waals surface area contributed by atoms with Gasteiger partial charge in [0.2, 0.25) is 5.91 Å². The number of amides is 1. The molecule has 0 spiro atoms. The van der Waals surface area contributed by atoms with Gasteiger partial charge in [-0.15, -0.1) is 0 Å². The van der Waals surface area contributed by atoms with E-state index in [1.165, 1.54) is 0 Å². The van der Waals surface area contributed by atoms with Gasteiger partial charge >= 0.3 is 0 Å². The fourth-order valence-corrected chi connectivity index (χ4v) is 1.82. The Balaban J connectivity index is 2.60. The maximum atomic E-state index is 11.4. The summed E-state index contributed by atoms with van der Waals surface area (Å²) in [5.74, 6) is 0.301.